The molecule has 0 fully saturated rings. The van der Waals surface area contributed by atoms with Gasteiger partial charge >= 0.3 is 0 Å². The van der Waals surface area contributed by atoms with Gasteiger partial charge in [-0.25, -0.2) is 0 Å². The molecule has 0 amide bonds. The summed E-state index contributed by atoms with van der Waals surface area (Å²) in [4.78, 5) is 0. The molecule has 0 aromatic heterocycles. The van der Waals surface area contributed by atoms with E-state index in [1.807, 2.05) is 12.1 Å². The van der Waals surface area contributed by atoms with Crippen LogP contribution >= 0.6 is 27.5 Å². The van der Waals surface area contributed by atoms with Crippen molar-refractivity contribution in [1.29, 1.82) is 0 Å². The predicted molar refractivity (Wildman–Crippen MR) is 67.3 cm³/mol. The highest BCUT2D eigenvalue weighted by Crippen LogP contribution is 2.33. The molecule has 0 atom stereocenters. The van der Waals surface area contributed by atoms with Gasteiger partial charge in [0.15, 0.2) is 0 Å². The normalized spacial score (nSPS) is 16.3. The van der Waals surface area contributed by atoms with Gasteiger partial charge in [-0.05, 0) is 42.2 Å². The first-order chi connectivity index (χ1) is 7.18. The zero-order valence-electron chi connectivity index (χ0n) is 8.52. The van der Waals surface area contributed by atoms with E-state index in [4.69, 9.17) is 16.3 Å². The molecule has 1 aromatic carbocycles. The van der Waals surface area contributed by atoms with Crippen molar-refractivity contribution in [3.63, 3.8) is 0 Å². The Bertz CT molecular complexity index is 389. The van der Waals surface area contributed by atoms with Crippen molar-refractivity contribution in [2.45, 2.75) is 13.3 Å². The topological polar surface area (TPSA) is 9.23 Å². The van der Waals surface area contributed by atoms with Gasteiger partial charge in [0, 0.05) is 9.50 Å². The summed E-state index contributed by atoms with van der Waals surface area (Å²) in [6, 6.07) is 3.94. The van der Waals surface area contributed by atoms with E-state index in [2.05, 4.69) is 28.9 Å². The summed E-state index contributed by atoms with van der Waals surface area (Å²) in [5, 5.41) is 0.774. The third kappa shape index (κ3) is 2.44. The first-order valence-corrected chi connectivity index (χ1v) is 6.08. The number of halogens is 2. The average Bonchev–Trinajstić information content (AvgIpc) is 2.17. The highest BCUT2D eigenvalue weighted by atomic mass is 79.9. The molecule has 15 heavy (non-hydrogen) atoms. The van der Waals surface area contributed by atoms with E-state index in [0.717, 1.165) is 22.5 Å². The maximum Gasteiger partial charge on any atom is 0.0653 e. The van der Waals surface area contributed by atoms with Gasteiger partial charge in [-0.1, -0.05) is 33.6 Å². The van der Waals surface area contributed by atoms with E-state index in [1.54, 1.807) is 0 Å². The molecule has 1 heterocycles. The lowest BCUT2D eigenvalue weighted by atomic mass is 9.97. The van der Waals surface area contributed by atoms with Gasteiger partial charge in [-0.15, -0.1) is 0 Å². The fraction of sp³-hybridized carbons (Fsp3) is 0.333. The molecule has 0 spiro atoms. The first kappa shape index (κ1) is 11.2. The van der Waals surface area contributed by atoms with Crippen LogP contribution in [0.2, 0.25) is 5.02 Å². The highest BCUT2D eigenvalue weighted by Gasteiger charge is 2.12. The van der Waals surface area contributed by atoms with E-state index in [0.29, 0.717) is 6.61 Å². The molecule has 1 nitrogen and oxygen atoms in total. The Morgan fingerprint density at radius 2 is 2.20 bits per heavy atom. The van der Waals surface area contributed by atoms with Gasteiger partial charge in [-0.2, -0.15) is 0 Å². The number of ether oxygens (including phenoxy) is 1. The number of benzene rings is 1. The van der Waals surface area contributed by atoms with Crippen LogP contribution < -0.4 is 0 Å². The molecule has 0 radical (unpaired) electrons. The Hall–Kier alpha value is -0.310. The van der Waals surface area contributed by atoms with E-state index in [-0.39, 0.29) is 0 Å². The minimum atomic E-state index is 0.712. The first-order valence-electron chi connectivity index (χ1n) is 4.91. The molecular weight excluding hydrogens is 275 g/mol. The lowest BCUT2D eigenvalue weighted by Crippen LogP contribution is -2.05. The van der Waals surface area contributed by atoms with Crippen molar-refractivity contribution in [2.24, 2.45) is 0 Å². The van der Waals surface area contributed by atoms with Crippen molar-refractivity contribution >= 4 is 33.1 Å². The second kappa shape index (κ2) is 4.69. The molecule has 2 rings (SSSR count). The predicted octanol–water partition coefficient (Wildman–Crippen LogP) is 4.21. The number of hydrogen-bond acceptors (Lipinski definition) is 1. The van der Waals surface area contributed by atoms with Crippen LogP contribution in [0.1, 0.15) is 17.5 Å². The monoisotopic (exact) mass is 286 g/mol. The minimum Gasteiger partial charge on any atom is -0.377 e. The largest absolute Gasteiger partial charge is 0.377 e. The van der Waals surface area contributed by atoms with Crippen LogP contribution in [-0.2, 0) is 4.74 Å². The van der Waals surface area contributed by atoms with E-state index < -0.39 is 0 Å². The lowest BCUT2D eigenvalue weighted by molar-refractivity contribution is 0.161. The third-order valence-corrected chi connectivity index (χ3v) is 3.38. The van der Waals surface area contributed by atoms with Gasteiger partial charge < -0.3 is 4.74 Å². The van der Waals surface area contributed by atoms with E-state index >= 15 is 0 Å². The molecule has 1 aliphatic heterocycles. The molecule has 3 heteroatoms. The molecule has 0 unspecified atom stereocenters. The zero-order valence-corrected chi connectivity index (χ0v) is 10.9. The van der Waals surface area contributed by atoms with E-state index in [9.17, 15) is 0 Å². The van der Waals surface area contributed by atoms with Crippen LogP contribution in [0.5, 0.6) is 0 Å². The number of rotatable bonds is 1. The standard InChI is InChI=1S/C12H12BrClO/c1-8-6-10(14)7-11(13)12(8)9-2-4-15-5-3-9/h2,6-7H,3-5H2,1H3. The molecule has 1 aromatic rings. The summed E-state index contributed by atoms with van der Waals surface area (Å²) in [6.07, 6.45) is 3.12. The maximum atomic E-state index is 5.99. The Labute approximate surface area is 103 Å². The summed E-state index contributed by atoms with van der Waals surface area (Å²) < 4.78 is 6.38. The maximum absolute atomic E-state index is 5.99. The van der Waals surface area contributed by atoms with Crippen molar-refractivity contribution < 1.29 is 4.74 Å². The zero-order chi connectivity index (χ0) is 10.8. The van der Waals surface area contributed by atoms with Gasteiger partial charge in [0.25, 0.3) is 0 Å². The fourth-order valence-corrected chi connectivity index (χ4v) is 3.08. The summed E-state index contributed by atoms with van der Waals surface area (Å²) in [7, 11) is 0. The average molecular weight is 288 g/mol. The minimum absolute atomic E-state index is 0.712. The summed E-state index contributed by atoms with van der Waals surface area (Å²) in [5.41, 5.74) is 3.83. The smallest absolute Gasteiger partial charge is 0.0653 e. The van der Waals surface area contributed by atoms with Gasteiger partial charge in [-0.3, -0.25) is 0 Å². The number of hydrogen-bond donors (Lipinski definition) is 0. The molecule has 0 saturated heterocycles. The van der Waals surface area contributed by atoms with Crippen LogP contribution in [0, 0.1) is 6.92 Å². The quantitative estimate of drug-likeness (QED) is 0.751. The van der Waals surface area contributed by atoms with Crippen LogP contribution in [0.25, 0.3) is 5.57 Å². The van der Waals surface area contributed by atoms with Crippen molar-refractivity contribution in [1.82, 2.24) is 0 Å². The van der Waals surface area contributed by atoms with E-state index in [1.165, 1.54) is 16.7 Å². The van der Waals surface area contributed by atoms with Crippen LogP contribution in [0.3, 0.4) is 0 Å². The van der Waals surface area contributed by atoms with Crippen molar-refractivity contribution in [2.75, 3.05) is 13.2 Å². The van der Waals surface area contributed by atoms with Gasteiger partial charge in [0.05, 0.1) is 13.2 Å². The third-order valence-electron chi connectivity index (χ3n) is 2.54. The molecule has 0 bridgehead atoms. The van der Waals surface area contributed by atoms with Crippen LogP contribution in [-0.4, -0.2) is 13.2 Å². The Kier molecular flexibility index (Phi) is 3.49. The SMILES string of the molecule is Cc1cc(Cl)cc(Br)c1C1=CCOCC1. The summed E-state index contributed by atoms with van der Waals surface area (Å²) >= 11 is 9.55. The Morgan fingerprint density at radius 1 is 1.40 bits per heavy atom. The molecule has 0 N–H and O–H groups in total. The second-order valence-electron chi connectivity index (χ2n) is 3.63. The summed E-state index contributed by atoms with van der Waals surface area (Å²) in [5.74, 6) is 0. The molecule has 80 valence electrons. The summed E-state index contributed by atoms with van der Waals surface area (Å²) in [6.45, 7) is 3.60. The fourth-order valence-electron chi connectivity index (χ4n) is 1.86. The molecule has 0 aliphatic carbocycles. The number of aryl methyl sites for hydroxylation is 1. The van der Waals surface area contributed by atoms with Crippen LogP contribution in [0.4, 0.5) is 0 Å². The van der Waals surface area contributed by atoms with Crippen molar-refractivity contribution in [3.8, 4) is 0 Å². The lowest BCUT2D eigenvalue weighted by Gasteiger charge is -2.17. The van der Waals surface area contributed by atoms with Gasteiger partial charge in [0.2, 0.25) is 0 Å². The van der Waals surface area contributed by atoms with Crippen molar-refractivity contribution in [3.05, 3.63) is 38.8 Å². The Balaban J connectivity index is 2.47. The molecular formula is C12H12BrClO. The van der Waals surface area contributed by atoms with Crippen LogP contribution in [0.15, 0.2) is 22.7 Å². The second-order valence-corrected chi connectivity index (χ2v) is 4.92. The molecule has 1 aliphatic rings. The highest BCUT2D eigenvalue weighted by molar-refractivity contribution is 9.10. The Morgan fingerprint density at radius 3 is 2.80 bits per heavy atom. The van der Waals surface area contributed by atoms with Gasteiger partial charge in [0.1, 0.15) is 0 Å². The molecule has 0 saturated carbocycles.